The average Bonchev–Trinajstić information content (AvgIpc) is 2.97. The maximum absolute atomic E-state index is 10.2. The highest BCUT2D eigenvalue weighted by Crippen LogP contribution is 2.28. The molecule has 1 fully saturated rings. The summed E-state index contributed by atoms with van der Waals surface area (Å²) < 4.78 is 2.01. The van der Waals surface area contributed by atoms with E-state index in [1.54, 1.807) is 12.4 Å². The molecule has 2 heterocycles. The van der Waals surface area contributed by atoms with E-state index in [9.17, 15) is 5.11 Å². The Morgan fingerprint density at radius 2 is 2.17 bits per heavy atom. The Bertz CT molecular complexity index is 531. The molecule has 3 rings (SSSR count). The highest BCUT2D eigenvalue weighted by molar-refractivity contribution is 5.36. The van der Waals surface area contributed by atoms with E-state index in [4.69, 9.17) is 0 Å². The molecule has 0 atom stereocenters. The molecular weight excluding hydrogens is 228 g/mol. The van der Waals surface area contributed by atoms with Crippen LogP contribution >= 0.6 is 0 Å². The second-order valence-electron chi connectivity index (χ2n) is 5.09. The number of rotatable bonds is 4. The molecule has 2 aromatic rings. The van der Waals surface area contributed by atoms with Gasteiger partial charge in [0.05, 0.1) is 23.7 Å². The van der Waals surface area contributed by atoms with Crippen LogP contribution in [0.2, 0.25) is 0 Å². The fraction of sp³-hybridized carbons (Fsp3) is 0.538. The third-order valence-corrected chi connectivity index (χ3v) is 3.69. The second-order valence-corrected chi connectivity index (χ2v) is 5.09. The summed E-state index contributed by atoms with van der Waals surface area (Å²) in [6, 6.07) is 0. The smallest absolute Gasteiger partial charge is 0.155 e. The van der Waals surface area contributed by atoms with Gasteiger partial charge in [0.25, 0.3) is 0 Å². The Balaban J connectivity index is 1.63. The van der Waals surface area contributed by atoms with Gasteiger partial charge in [0, 0.05) is 25.5 Å². The first kappa shape index (κ1) is 11.6. The molecule has 0 unspecified atom stereocenters. The topological polar surface area (TPSA) is 62.5 Å². The van der Waals surface area contributed by atoms with Gasteiger partial charge in [-0.2, -0.15) is 0 Å². The van der Waals surface area contributed by atoms with Gasteiger partial charge in [-0.3, -0.25) is 9.38 Å². The monoisotopic (exact) mass is 246 g/mol. The van der Waals surface area contributed by atoms with E-state index in [1.165, 1.54) is 0 Å². The van der Waals surface area contributed by atoms with Gasteiger partial charge >= 0.3 is 0 Å². The fourth-order valence-electron chi connectivity index (χ4n) is 2.66. The highest BCUT2D eigenvalue weighted by Gasteiger charge is 2.30. The molecule has 0 bridgehead atoms. The number of hydrogen-bond donors (Lipinski definition) is 2. The SMILES string of the molecule is OC1(CNCc2cnc3cnccn23)CCCC1. The van der Waals surface area contributed by atoms with Gasteiger partial charge in [-0.15, -0.1) is 0 Å². The molecule has 0 radical (unpaired) electrons. The van der Waals surface area contributed by atoms with Crippen LogP contribution in [0.25, 0.3) is 5.65 Å². The van der Waals surface area contributed by atoms with Gasteiger partial charge in [0.1, 0.15) is 0 Å². The molecule has 5 heteroatoms. The van der Waals surface area contributed by atoms with Crippen molar-refractivity contribution in [1.82, 2.24) is 19.7 Å². The first-order valence-corrected chi connectivity index (χ1v) is 6.46. The number of imidazole rings is 1. The van der Waals surface area contributed by atoms with Crippen molar-refractivity contribution in [3.63, 3.8) is 0 Å². The van der Waals surface area contributed by atoms with Crippen molar-refractivity contribution < 1.29 is 5.11 Å². The minimum Gasteiger partial charge on any atom is -0.389 e. The number of aromatic nitrogens is 3. The normalized spacial score (nSPS) is 18.5. The maximum atomic E-state index is 10.2. The van der Waals surface area contributed by atoms with E-state index < -0.39 is 5.60 Å². The lowest BCUT2D eigenvalue weighted by Crippen LogP contribution is -2.37. The summed E-state index contributed by atoms with van der Waals surface area (Å²) in [4.78, 5) is 8.32. The van der Waals surface area contributed by atoms with Crippen LogP contribution in [0.1, 0.15) is 31.4 Å². The molecule has 1 saturated carbocycles. The van der Waals surface area contributed by atoms with Gasteiger partial charge < -0.3 is 10.4 Å². The molecule has 2 N–H and O–H groups in total. The summed E-state index contributed by atoms with van der Waals surface area (Å²) in [7, 11) is 0. The predicted molar refractivity (Wildman–Crippen MR) is 68.1 cm³/mol. The minimum atomic E-state index is -0.498. The molecule has 0 saturated heterocycles. The number of nitrogens with one attached hydrogen (secondary N) is 1. The van der Waals surface area contributed by atoms with Crippen LogP contribution in [0, 0.1) is 0 Å². The summed E-state index contributed by atoms with van der Waals surface area (Å²) in [6.07, 6.45) is 11.4. The summed E-state index contributed by atoms with van der Waals surface area (Å²) >= 11 is 0. The number of aliphatic hydroxyl groups is 1. The maximum Gasteiger partial charge on any atom is 0.155 e. The zero-order valence-electron chi connectivity index (χ0n) is 10.3. The predicted octanol–water partition coefficient (Wildman–Crippen LogP) is 1.12. The average molecular weight is 246 g/mol. The van der Waals surface area contributed by atoms with E-state index >= 15 is 0 Å². The van der Waals surface area contributed by atoms with Crippen LogP contribution in [0.3, 0.4) is 0 Å². The van der Waals surface area contributed by atoms with Crippen LogP contribution in [0.5, 0.6) is 0 Å². The molecule has 0 amide bonds. The lowest BCUT2D eigenvalue weighted by Gasteiger charge is -2.22. The van der Waals surface area contributed by atoms with Crippen LogP contribution in [0.15, 0.2) is 24.8 Å². The van der Waals surface area contributed by atoms with Crippen molar-refractivity contribution in [2.75, 3.05) is 6.54 Å². The fourth-order valence-corrected chi connectivity index (χ4v) is 2.66. The molecule has 5 nitrogen and oxygen atoms in total. The van der Waals surface area contributed by atoms with Gasteiger partial charge in [0.15, 0.2) is 5.65 Å². The molecule has 2 aromatic heterocycles. The van der Waals surface area contributed by atoms with E-state index in [-0.39, 0.29) is 0 Å². The van der Waals surface area contributed by atoms with Gasteiger partial charge in [-0.05, 0) is 12.8 Å². The first-order chi connectivity index (χ1) is 8.77. The first-order valence-electron chi connectivity index (χ1n) is 6.46. The standard InChI is InChI=1S/C13H18N4O/c18-13(3-1-2-4-13)10-15-7-11-8-16-12-9-14-5-6-17(11)12/h5-6,8-9,15,18H,1-4,7,10H2. The number of hydrogen-bond acceptors (Lipinski definition) is 4. The van der Waals surface area contributed by atoms with Gasteiger partial charge in [0.2, 0.25) is 0 Å². The molecule has 1 aliphatic rings. The van der Waals surface area contributed by atoms with Crippen molar-refractivity contribution in [3.05, 3.63) is 30.5 Å². The Labute approximate surface area is 106 Å². The summed E-state index contributed by atoms with van der Waals surface area (Å²) in [6.45, 7) is 1.37. The quantitative estimate of drug-likeness (QED) is 0.848. The molecule has 0 spiro atoms. The number of fused-ring (bicyclic) bond motifs is 1. The summed E-state index contributed by atoms with van der Waals surface area (Å²) in [5, 5.41) is 13.6. The van der Waals surface area contributed by atoms with E-state index in [0.717, 1.165) is 37.0 Å². The van der Waals surface area contributed by atoms with Gasteiger partial charge in [-0.1, -0.05) is 12.8 Å². The highest BCUT2D eigenvalue weighted by atomic mass is 16.3. The zero-order valence-corrected chi connectivity index (χ0v) is 10.3. The Morgan fingerprint density at radius 3 is 3.00 bits per heavy atom. The molecule has 18 heavy (non-hydrogen) atoms. The second kappa shape index (κ2) is 4.66. The molecule has 0 aliphatic heterocycles. The molecular formula is C13H18N4O. The van der Waals surface area contributed by atoms with E-state index in [2.05, 4.69) is 15.3 Å². The third-order valence-electron chi connectivity index (χ3n) is 3.69. The Kier molecular flexibility index (Phi) is 3.01. The van der Waals surface area contributed by atoms with Crippen molar-refractivity contribution in [2.45, 2.75) is 37.8 Å². The minimum absolute atomic E-state index is 0.498. The zero-order chi connectivity index (χ0) is 12.4. The lowest BCUT2D eigenvalue weighted by atomic mass is 10.0. The van der Waals surface area contributed by atoms with Gasteiger partial charge in [-0.25, -0.2) is 4.98 Å². The van der Waals surface area contributed by atoms with Crippen LogP contribution in [-0.2, 0) is 6.54 Å². The number of nitrogens with zero attached hydrogens (tertiary/aromatic N) is 3. The van der Waals surface area contributed by atoms with Crippen molar-refractivity contribution in [3.8, 4) is 0 Å². The largest absolute Gasteiger partial charge is 0.389 e. The van der Waals surface area contributed by atoms with E-state index in [1.807, 2.05) is 16.8 Å². The summed E-state index contributed by atoms with van der Waals surface area (Å²) in [5.41, 5.74) is 1.45. The Hall–Kier alpha value is -1.46. The molecule has 1 aliphatic carbocycles. The third kappa shape index (κ3) is 2.23. The molecule has 96 valence electrons. The van der Waals surface area contributed by atoms with Crippen molar-refractivity contribution in [2.24, 2.45) is 0 Å². The van der Waals surface area contributed by atoms with Crippen LogP contribution in [-0.4, -0.2) is 31.6 Å². The summed E-state index contributed by atoms with van der Waals surface area (Å²) in [5.74, 6) is 0. The van der Waals surface area contributed by atoms with Crippen LogP contribution < -0.4 is 5.32 Å². The van der Waals surface area contributed by atoms with Crippen LogP contribution in [0.4, 0.5) is 0 Å². The van der Waals surface area contributed by atoms with Crippen molar-refractivity contribution >= 4 is 5.65 Å². The Morgan fingerprint density at radius 1 is 1.33 bits per heavy atom. The lowest BCUT2D eigenvalue weighted by molar-refractivity contribution is 0.0474. The van der Waals surface area contributed by atoms with Crippen molar-refractivity contribution in [1.29, 1.82) is 0 Å². The van der Waals surface area contributed by atoms with E-state index in [0.29, 0.717) is 13.1 Å². The molecule has 0 aromatic carbocycles.